The Morgan fingerprint density at radius 3 is 2.53 bits per heavy atom. The van der Waals surface area contributed by atoms with E-state index >= 15 is 0 Å². The predicted molar refractivity (Wildman–Crippen MR) is 137 cm³/mol. The molecule has 8 heteroatoms. The van der Waals surface area contributed by atoms with E-state index < -0.39 is 8.32 Å². The molecule has 0 bridgehead atoms. The van der Waals surface area contributed by atoms with Crippen LogP contribution in [0.2, 0.25) is 18.1 Å². The molecule has 0 spiro atoms. The first-order chi connectivity index (χ1) is 16.0. The zero-order valence-corrected chi connectivity index (χ0v) is 22.5. The number of halogens is 1. The lowest BCUT2D eigenvalue weighted by Gasteiger charge is -2.36. The monoisotopic (exact) mass is 484 g/mol. The van der Waals surface area contributed by atoms with E-state index in [-0.39, 0.29) is 10.9 Å². The van der Waals surface area contributed by atoms with Gasteiger partial charge < -0.3 is 14.1 Å². The Morgan fingerprint density at radius 1 is 1.15 bits per heavy atom. The van der Waals surface area contributed by atoms with E-state index in [1.807, 2.05) is 17.5 Å². The van der Waals surface area contributed by atoms with E-state index in [4.69, 9.17) is 19.2 Å². The summed E-state index contributed by atoms with van der Waals surface area (Å²) in [5, 5.41) is 5.11. The van der Waals surface area contributed by atoms with Gasteiger partial charge in [-0.15, -0.1) is 5.10 Å². The molecule has 3 aromatic rings. The Balaban J connectivity index is 1.80. The second kappa shape index (κ2) is 9.39. The van der Waals surface area contributed by atoms with Crippen LogP contribution in [0.3, 0.4) is 0 Å². The summed E-state index contributed by atoms with van der Waals surface area (Å²) < 4.78 is 28.4. The number of anilines is 1. The van der Waals surface area contributed by atoms with Gasteiger partial charge in [-0.25, -0.2) is 13.9 Å². The molecule has 0 aliphatic carbocycles. The largest absolute Gasteiger partial charge is 0.411 e. The van der Waals surface area contributed by atoms with Gasteiger partial charge in [0.15, 0.2) is 14.0 Å². The fourth-order valence-electron chi connectivity index (χ4n) is 3.97. The number of aromatic nitrogens is 3. The standard InChI is InChI=1S/C26H37FN4O2Si/c1-18-15-24(30-11-13-32-14-12-30)29-31-23(16-20-9-8-10-21(27)19(20)2)22(28-25(18)31)17-33-34(6,7)26(3,4)5/h8-10,15H,11-14,16-17H2,1-7H3. The Labute approximate surface area is 203 Å². The zero-order valence-electron chi connectivity index (χ0n) is 21.5. The Bertz CT molecular complexity index is 1180. The van der Waals surface area contributed by atoms with E-state index in [1.54, 1.807) is 6.07 Å². The average molecular weight is 485 g/mol. The molecule has 0 N–H and O–H groups in total. The molecular formula is C26H37FN4O2Si. The highest BCUT2D eigenvalue weighted by Crippen LogP contribution is 2.37. The molecule has 1 aliphatic heterocycles. The minimum Gasteiger partial charge on any atom is -0.411 e. The summed E-state index contributed by atoms with van der Waals surface area (Å²) >= 11 is 0. The molecule has 0 unspecified atom stereocenters. The van der Waals surface area contributed by atoms with Crippen molar-refractivity contribution < 1.29 is 13.6 Å². The molecule has 6 nitrogen and oxygen atoms in total. The molecule has 2 aromatic heterocycles. The number of hydrogen-bond acceptors (Lipinski definition) is 5. The van der Waals surface area contributed by atoms with Crippen LogP contribution < -0.4 is 4.90 Å². The van der Waals surface area contributed by atoms with Gasteiger partial charge in [0.25, 0.3) is 0 Å². The second-order valence-electron chi connectivity index (χ2n) is 10.8. The van der Waals surface area contributed by atoms with E-state index in [0.717, 1.165) is 47.1 Å². The van der Waals surface area contributed by atoms with Crippen LogP contribution in [0, 0.1) is 19.7 Å². The van der Waals surface area contributed by atoms with Crippen LogP contribution in [-0.2, 0) is 22.2 Å². The van der Waals surface area contributed by atoms with E-state index in [0.29, 0.717) is 31.8 Å². The Kier molecular flexibility index (Phi) is 6.86. The quantitative estimate of drug-likeness (QED) is 0.437. The van der Waals surface area contributed by atoms with Crippen LogP contribution in [0.4, 0.5) is 10.2 Å². The lowest BCUT2D eigenvalue weighted by Crippen LogP contribution is -2.40. The SMILES string of the molecule is Cc1c(F)cccc1Cc1c(CO[Si](C)(C)C(C)(C)C)nc2c(C)cc(N3CCOCC3)nn12. The fraction of sp³-hybridized carbons (Fsp3) is 0.538. The van der Waals surface area contributed by atoms with E-state index in [9.17, 15) is 4.39 Å². The topological polar surface area (TPSA) is 51.9 Å². The van der Waals surface area contributed by atoms with Crippen LogP contribution in [-0.4, -0.2) is 49.2 Å². The summed E-state index contributed by atoms with van der Waals surface area (Å²) in [6.07, 6.45) is 0.542. The number of rotatable bonds is 6. The predicted octanol–water partition coefficient (Wildman–Crippen LogP) is 5.43. The maximum Gasteiger partial charge on any atom is 0.192 e. The molecule has 4 rings (SSSR count). The number of imidazole rings is 1. The van der Waals surface area contributed by atoms with Gasteiger partial charge in [-0.05, 0) is 60.8 Å². The third kappa shape index (κ3) is 4.90. The van der Waals surface area contributed by atoms with Gasteiger partial charge in [-0.1, -0.05) is 32.9 Å². The molecule has 0 saturated carbocycles. The zero-order chi connectivity index (χ0) is 24.7. The summed E-state index contributed by atoms with van der Waals surface area (Å²) in [6, 6.07) is 7.36. The second-order valence-corrected chi connectivity index (χ2v) is 15.6. The minimum absolute atomic E-state index is 0.100. The lowest BCUT2D eigenvalue weighted by atomic mass is 10.0. The van der Waals surface area contributed by atoms with Crippen LogP contribution >= 0.6 is 0 Å². The fourth-order valence-corrected chi connectivity index (χ4v) is 4.90. The molecule has 184 valence electrons. The van der Waals surface area contributed by atoms with Crippen LogP contribution in [0.5, 0.6) is 0 Å². The van der Waals surface area contributed by atoms with Crippen molar-refractivity contribution in [1.29, 1.82) is 0 Å². The number of nitrogens with zero attached hydrogens (tertiary/aromatic N) is 4. The lowest BCUT2D eigenvalue weighted by molar-refractivity contribution is 0.122. The maximum absolute atomic E-state index is 14.4. The molecule has 1 saturated heterocycles. The number of fused-ring (bicyclic) bond motifs is 1. The van der Waals surface area contributed by atoms with E-state index in [2.05, 4.69) is 51.8 Å². The summed E-state index contributed by atoms with van der Waals surface area (Å²) in [5.41, 5.74) is 5.33. The molecule has 0 amide bonds. The van der Waals surface area contributed by atoms with Crippen LogP contribution in [0.15, 0.2) is 24.3 Å². The van der Waals surface area contributed by atoms with Gasteiger partial charge in [0.2, 0.25) is 0 Å². The summed E-state index contributed by atoms with van der Waals surface area (Å²) in [7, 11) is -1.97. The molecule has 0 radical (unpaired) electrons. The highest BCUT2D eigenvalue weighted by molar-refractivity contribution is 6.74. The van der Waals surface area contributed by atoms with Gasteiger partial charge in [0, 0.05) is 19.5 Å². The van der Waals surface area contributed by atoms with Crippen molar-refractivity contribution in [3.8, 4) is 0 Å². The highest BCUT2D eigenvalue weighted by Gasteiger charge is 2.37. The number of hydrogen-bond donors (Lipinski definition) is 0. The Hall–Kier alpha value is -2.29. The first-order valence-corrected chi connectivity index (χ1v) is 15.0. The minimum atomic E-state index is -1.97. The summed E-state index contributed by atoms with van der Waals surface area (Å²) in [4.78, 5) is 7.24. The van der Waals surface area contributed by atoms with Gasteiger partial charge in [-0.2, -0.15) is 0 Å². The van der Waals surface area contributed by atoms with Crippen molar-refractivity contribution in [1.82, 2.24) is 14.6 Å². The summed E-state index contributed by atoms with van der Waals surface area (Å²) in [6.45, 7) is 18.6. The van der Waals surface area contributed by atoms with Crippen molar-refractivity contribution in [2.75, 3.05) is 31.2 Å². The van der Waals surface area contributed by atoms with Crippen LogP contribution in [0.1, 0.15) is 48.8 Å². The highest BCUT2D eigenvalue weighted by atomic mass is 28.4. The molecule has 1 fully saturated rings. The molecular weight excluding hydrogens is 447 g/mol. The van der Waals surface area contributed by atoms with Gasteiger partial charge >= 0.3 is 0 Å². The van der Waals surface area contributed by atoms with Gasteiger partial charge in [0.1, 0.15) is 11.6 Å². The third-order valence-electron chi connectivity index (χ3n) is 7.38. The average Bonchev–Trinajstić information content (AvgIpc) is 3.13. The number of morpholine rings is 1. The molecule has 1 aromatic carbocycles. The summed E-state index contributed by atoms with van der Waals surface area (Å²) in [5.74, 6) is 0.725. The van der Waals surface area contributed by atoms with Crippen molar-refractivity contribution in [3.63, 3.8) is 0 Å². The Morgan fingerprint density at radius 2 is 1.85 bits per heavy atom. The number of aryl methyl sites for hydroxylation is 1. The first-order valence-electron chi connectivity index (χ1n) is 12.1. The van der Waals surface area contributed by atoms with Crippen molar-refractivity contribution in [3.05, 3.63) is 58.2 Å². The van der Waals surface area contributed by atoms with Crippen molar-refractivity contribution in [2.45, 2.75) is 65.8 Å². The van der Waals surface area contributed by atoms with Gasteiger partial charge in [0.05, 0.1) is 31.2 Å². The third-order valence-corrected chi connectivity index (χ3v) is 11.9. The van der Waals surface area contributed by atoms with E-state index in [1.165, 1.54) is 6.07 Å². The first kappa shape index (κ1) is 24.8. The number of benzene rings is 1. The normalized spacial score (nSPS) is 15.4. The molecule has 34 heavy (non-hydrogen) atoms. The van der Waals surface area contributed by atoms with Crippen molar-refractivity contribution in [2.24, 2.45) is 0 Å². The van der Waals surface area contributed by atoms with Crippen molar-refractivity contribution >= 4 is 19.8 Å². The molecule has 1 aliphatic rings. The van der Waals surface area contributed by atoms with Gasteiger partial charge in [-0.3, -0.25) is 0 Å². The molecule has 0 atom stereocenters. The number of ether oxygens (including phenoxy) is 1. The smallest absolute Gasteiger partial charge is 0.192 e. The molecule has 3 heterocycles. The maximum atomic E-state index is 14.4. The van der Waals surface area contributed by atoms with Crippen LogP contribution in [0.25, 0.3) is 5.65 Å².